The molecular formula is C16H19N3O4. The van der Waals surface area contributed by atoms with Crippen molar-refractivity contribution in [3.8, 4) is 0 Å². The van der Waals surface area contributed by atoms with Gasteiger partial charge in [0, 0.05) is 12.2 Å². The minimum absolute atomic E-state index is 0.128. The van der Waals surface area contributed by atoms with E-state index in [2.05, 4.69) is 5.32 Å². The number of urea groups is 1. The van der Waals surface area contributed by atoms with Gasteiger partial charge in [0.2, 0.25) is 0 Å². The van der Waals surface area contributed by atoms with Gasteiger partial charge in [-0.25, -0.2) is 9.59 Å². The van der Waals surface area contributed by atoms with Crippen molar-refractivity contribution < 1.29 is 19.1 Å². The Morgan fingerprint density at radius 2 is 2.22 bits per heavy atom. The summed E-state index contributed by atoms with van der Waals surface area (Å²) in [4.78, 5) is 39.0. The largest absolute Gasteiger partial charge is 0.450 e. The topological polar surface area (TPSA) is 79.0 Å². The lowest BCUT2D eigenvalue weighted by molar-refractivity contribution is -0.128. The monoisotopic (exact) mass is 317 g/mol. The first-order valence-corrected chi connectivity index (χ1v) is 7.75. The maximum atomic E-state index is 12.3. The Labute approximate surface area is 134 Å². The van der Waals surface area contributed by atoms with Crippen LogP contribution in [0.4, 0.5) is 15.3 Å². The summed E-state index contributed by atoms with van der Waals surface area (Å²) in [6.45, 7) is 2.88. The first-order valence-electron chi connectivity index (χ1n) is 7.75. The predicted octanol–water partition coefficient (Wildman–Crippen LogP) is 2.18. The molecule has 2 heterocycles. The number of carbonyl (C=O) groups is 3. The van der Waals surface area contributed by atoms with Crippen molar-refractivity contribution in [2.24, 2.45) is 0 Å². The van der Waals surface area contributed by atoms with Crippen LogP contribution in [0.15, 0.2) is 24.3 Å². The third kappa shape index (κ3) is 2.99. The number of ether oxygens (including phenoxy) is 1. The van der Waals surface area contributed by atoms with Gasteiger partial charge >= 0.3 is 12.1 Å². The Morgan fingerprint density at radius 3 is 2.96 bits per heavy atom. The minimum Gasteiger partial charge on any atom is -0.450 e. The Bertz CT molecular complexity index is 624. The van der Waals surface area contributed by atoms with E-state index in [0.29, 0.717) is 18.8 Å². The SMILES string of the molecule is CCOC(=O)Nc1cccc(CN2C(=O)C3CCCN3C2=O)c1. The molecule has 2 aliphatic heterocycles. The van der Waals surface area contributed by atoms with Crippen molar-refractivity contribution in [3.05, 3.63) is 29.8 Å². The normalized spacial score (nSPS) is 20.0. The highest BCUT2D eigenvalue weighted by molar-refractivity contribution is 6.04. The molecule has 3 rings (SSSR count). The van der Waals surface area contributed by atoms with Crippen LogP contribution in [-0.2, 0) is 16.1 Å². The molecule has 0 radical (unpaired) electrons. The number of amides is 4. The maximum absolute atomic E-state index is 12.3. The highest BCUT2D eigenvalue weighted by Crippen LogP contribution is 2.28. The lowest BCUT2D eigenvalue weighted by Crippen LogP contribution is -2.32. The first-order chi connectivity index (χ1) is 11.1. The predicted molar refractivity (Wildman–Crippen MR) is 82.8 cm³/mol. The van der Waals surface area contributed by atoms with Crippen molar-refractivity contribution in [1.29, 1.82) is 0 Å². The lowest BCUT2D eigenvalue weighted by Gasteiger charge is -2.16. The summed E-state index contributed by atoms with van der Waals surface area (Å²) in [5.41, 5.74) is 1.35. The van der Waals surface area contributed by atoms with E-state index in [9.17, 15) is 14.4 Å². The average molecular weight is 317 g/mol. The number of anilines is 1. The van der Waals surface area contributed by atoms with Crippen LogP contribution in [0, 0.1) is 0 Å². The van der Waals surface area contributed by atoms with Gasteiger partial charge < -0.3 is 9.64 Å². The van der Waals surface area contributed by atoms with Crippen LogP contribution in [0.2, 0.25) is 0 Å². The Hall–Kier alpha value is -2.57. The molecule has 0 spiro atoms. The molecule has 1 aromatic rings. The van der Waals surface area contributed by atoms with Gasteiger partial charge in [-0.3, -0.25) is 15.0 Å². The van der Waals surface area contributed by atoms with E-state index in [-0.39, 0.29) is 24.5 Å². The summed E-state index contributed by atoms with van der Waals surface area (Å²) in [7, 11) is 0. The fourth-order valence-corrected chi connectivity index (χ4v) is 3.04. The summed E-state index contributed by atoms with van der Waals surface area (Å²) in [6, 6.07) is 6.54. The van der Waals surface area contributed by atoms with Gasteiger partial charge in [-0.15, -0.1) is 0 Å². The highest BCUT2D eigenvalue weighted by Gasteiger charge is 2.47. The number of hydrogen-bond donors (Lipinski definition) is 1. The van der Waals surface area contributed by atoms with Crippen LogP contribution >= 0.6 is 0 Å². The first kappa shape index (κ1) is 15.3. The molecule has 2 fully saturated rings. The molecule has 0 bridgehead atoms. The van der Waals surface area contributed by atoms with Gasteiger partial charge in [0.15, 0.2) is 0 Å². The van der Waals surface area contributed by atoms with Gasteiger partial charge in [-0.1, -0.05) is 12.1 Å². The molecule has 122 valence electrons. The van der Waals surface area contributed by atoms with E-state index in [0.717, 1.165) is 18.4 Å². The van der Waals surface area contributed by atoms with Crippen LogP contribution < -0.4 is 5.32 Å². The number of rotatable bonds is 4. The Morgan fingerprint density at radius 1 is 1.39 bits per heavy atom. The van der Waals surface area contributed by atoms with Crippen molar-refractivity contribution in [2.75, 3.05) is 18.5 Å². The number of imide groups is 1. The summed E-state index contributed by atoms with van der Waals surface area (Å²) in [6.07, 6.45) is 1.10. The molecule has 1 unspecified atom stereocenters. The highest BCUT2D eigenvalue weighted by atomic mass is 16.5. The molecule has 1 atom stereocenters. The Kier molecular flexibility index (Phi) is 4.18. The molecule has 23 heavy (non-hydrogen) atoms. The molecule has 0 aliphatic carbocycles. The third-order valence-corrected chi connectivity index (χ3v) is 4.07. The van der Waals surface area contributed by atoms with Gasteiger partial charge in [0.1, 0.15) is 6.04 Å². The lowest BCUT2D eigenvalue weighted by atomic mass is 10.1. The van der Waals surface area contributed by atoms with Crippen molar-refractivity contribution in [3.63, 3.8) is 0 Å². The van der Waals surface area contributed by atoms with Gasteiger partial charge in [-0.05, 0) is 37.5 Å². The number of fused-ring (bicyclic) bond motifs is 1. The Balaban J connectivity index is 1.70. The smallest absolute Gasteiger partial charge is 0.411 e. The zero-order valence-corrected chi connectivity index (χ0v) is 12.9. The zero-order chi connectivity index (χ0) is 16.4. The van der Waals surface area contributed by atoms with E-state index in [1.165, 1.54) is 4.90 Å². The molecular weight excluding hydrogens is 298 g/mol. The van der Waals surface area contributed by atoms with Gasteiger partial charge in [0.25, 0.3) is 5.91 Å². The third-order valence-electron chi connectivity index (χ3n) is 4.07. The minimum atomic E-state index is -0.529. The standard InChI is InChI=1S/C16H19N3O4/c1-2-23-15(21)17-12-6-3-5-11(9-12)10-19-14(20)13-7-4-8-18(13)16(19)22/h3,5-6,9,13H,2,4,7-8,10H2,1H3,(H,17,21). The number of nitrogens with zero attached hydrogens (tertiary/aromatic N) is 2. The second-order valence-corrected chi connectivity index (χ2v) is 5.60. The van der Waals surface area contributed by atoms with Crippen LogP contribution in [0.1, 0.15) is 25.3 Å². The molecule has 2 saturated heterocycles. The average Bonchev–Trinajstić information content (AvgIpc) is 3.08. The van der Waals surface area contributed by atoms with E-state index in [1.54, 1.807) is 30.0 Å². The summed E-state index contributed by atoms with van der Waals surface area (Å²) in [5, 5.41) is 2.61. The molecule has 0 saturated carbocycles. The van der Waals surface area contributed by atoms with Crippen LogP contribution in [0.3, 0.4) is 0 Å². The molecule has 1 aromatic carbocycles. The molecule has 2 aliphatic rings. The van der Waals surface area contributed by atoms with Crippen LogP contribution in [-0.4, -0.2) is 47.0 Å². The molecule has 7 nitrogen and oxygen atoms in total. The molecule has 0 aromatic heterocycles. The molecule has 7 heteroatoms. The molecule has 4 amide bonds. The second kappa shape index (κ2) is 6.28. The quantitative estimate of drug-likeness (QED) is 0.863. The van der Waals surface area contributed by atoms with E-state index in [1.807, 2.05) is 6.07 Å². The van der Waals surface area contributed by atoms with E-state index in [4.69, 9.17) is 4.74 Å². The number of benzene rings is 1. The zero-order valence-electron chi connectivity index (χ0n) is 12.9. The fourth-order valence-electron chi connectivity index (χ4n) is 3.04. The van der Waals surface area contributed by atoms with E-state index < -0.39 is 6.09 Å². The summed E-state index contributed by atoms with van der Waals surface area (Å²) < 4.78 is 4.83. The maximum Gasteiger partial charge on any atom is 0.411 e. The summed E-state index contributed by atoms with van der Waals surface area (Å²) in [5.74, 6) is -0.128. The van der Waals surface area contributed by atoms with Crippen molar-refractivity contribution in [2.45, 2.75) is 32.4 Å². The molecule has 1 N–H and O–H groups in total. The number of hydrogen-bond acceptors (Lipinski definition) is 4. The van der Waals surface area contributed by atoms with Gasteiger partial charge in [-0.2, -0.15) is 0 Å². The van der Waals surface area contributed by atoms with Crippen LogP contribution in [0.25, 0.3) is 0 Å². The van der Waals surface area contributed by atoms with Crippen LogP contribution in [0.5, 0.6) is 0 Å². The van der Waals surface area contributed by atoms with Crippen molar-refractivity contribution in [1.82, 2.24) is 9.80 Å². The number of nitrogens with one attached hydrogen (secondary N) is 1. The van der Waals surface area contributed by atoms with Gasteiger partial charge in [0.05, 0.1) is 13.2 Å². The second-order valence-electron chi connectivity index (χ2n) is 5.60. The summed E-state index contributed by atoms with van der Waals surface area (Å²) >= 11 is 0. The fraction of sp³-hybridized carbons (Fsp3) is 0.438. The van der Waals surface area contributed by atoms with Crippen molar-refractivity contribution >= 4 is 23.7 Å². The van der Waals surface area contributed by atoms with E-state index >= 15 is 0 Å². The number of carbonyl (C=O) groups excluding carboxylic acids is 3.